The quantitative estimate of drug-likeness (QED) is 0.898. The molecule has 0 radical (unpaired) electrons. The second-order valence-electron chi connectivity index (χ2n) is 5.27. The molecular weight excluding hydrogens is 279 g/mol. The number of hydrogen-bond acceptors (Lipinski definition) is 3. The minimum absolute atomic E-state index is 0.116. The Kier molecular flexibility index (Phi) is 8.00. The maximum atomic E-state index is 12.8. The van der Waals surface area contributed by atoms with Crippen LogP contribution < -0.4 is 11.1 Å². The highest BCUT2D eigenvalue weighted by Crippen LogP contribution is 2.33. The Morgan fingerprint density at radius 3 is 1.81 bits per heavy atom. The van der Waals surface area contributed by atoms with Gasteiger partial charge in [-0.25, -0.2) is 0 Å². The normalized spacial score (nSPS) is 12.6. The highest BCUT2D eigenvalue weighted by molar-refractivity contribution is 5.33. The summed E-state index contributed by atoms with van der Waals surface area (Å²) in [5, 5.41) is 11.1. The van der Waals surface area contributed by atoms with Crippen LogP contribution in [0.3, 0.4) is 0 Å². The molecule has 0 spiro atoms. The van der Waals surface area contributed by atoms with Crippen molar-refractivity contribution < 1.29 is 13.2 Å². The summed E-state index contributed by atoms with van der Waals surface area (Å²) in [6.45, 7) is 7.20. The van der Waals surface area contributed by atoms with E-state index in [1.807, 2.05) is 19.9 Å². The molecule has 6 heteroatoms. The van der Waals surface area contributed by atoms with E-state index in [9.17, 15) is 13.2 Å². The molecule has 3 nitrogen and oxygen atoms in total. The van der Waals surface area contributed by atoms with E-state index in [-0.39, 0.29) is 11.6 Å². The predicted octanol–water partition coefficient (Wildman–Crippen LogP) is 3.51. The van der Waals surface area contributed by atoms with Gasteiger partial charge in [0.1, 0.15) is 6.04 Å². The fraction of sp³-hybridized carbons (Fsp3) is 0.533. The van der Waals surface area contributed by atoms with Crippen molar-refractivity contribution in [1.29, 1.82) is 5.26 Å². The Labute approximate surface area is 124 Å². The average molecular weight is 301 g/mol. The zero-order chi connectivity index (χ0) is 16.6. The molecule has 0 aromatic heterocycles. The number of nitrogens with two attached hydrogens (primary N) is 1. The van der Waals surface area contributed by atoms with Crippen LogP contribution in [0.15, 0.2) is 24.3 Å². The first kappa shape index (κ1) is 19.4. The first-order chi connectivity index (χ1) is 9.57. The Hall–Kier alpha value is -1.58. The van der Waals surface area contributed by atoms with Crippen molar-refractivity contribution in [2.75, 3.05) is 0 Å². The number of hydrogen-bond donors (Lipinski definition) is 2. The highest BCUT2D eigenvalue weighted by atomic mass is 19.4. The lowest BCUT2D eigenvalue weighted by molar-refractivity contribution is -0.159. The summed E-state index contributed by atoms with van der Waals surface area (Å²) in [5.74, 6) is 0. The molecular formula is C15H22F3N3. The van der Waals surface area contributed by atoms with Gasteiger partial charge in [0.05, 0.1) is 11.6 Å². The van der Waals surface area contributed by atoms with Gasteiger partial charge in [-0.2, -0.15) is 18.4 Å². The Morgan fingerprint density at radius 2 is 1.52 bits per heavy atom. The van der Waals surface area contributed by atoms with E-state index in [1.54, 1.807) is 13.8 Å². The smallest absolute Gasteiger partial charge is 0.328 e. The van der Waals surface area contributed by atoms with Gasteiger partial charge in [-0.3, -0.25) is 0 Å². The number of nitrogens with one attached hydrogen (secondary N) is 1. The fourth-order valence-corrected chi connectivity index (χ4v) is 1.46. The van der Waals surface area contributed by atoms with Crippen molar-refractivity contribution in [3.8, 4) is 6.07 Å². The van der Waals surface area contributed by atoms with E-state index in [2.05, 4.69) is 5.32 Å². The van der Waals surface area contributed by atoms with Crippen LogP contribution in [-0.2, 0) is 0 Å². The van der Waals surface area contributed by atoms with Gasteiger partial charge in [0, 0.05) is 6.04 Å². The Balaban J connectivity index is 0.000000885. The third kappa shape index (κ3) is 8.33. The molecule has 1 rings (SSSR count). The standard InChI is InChI=1S/C12H13F3N2.C3H9N/c1-8(2)17-11(12(13,14)15)10-5-3-9(7-16)4-6-10;1-3(2)4/h3-6,8,11,17H,1-2H3;3H,4H2,1-2H3. The van der Waals surface area contributed by atoms with E-state index in [4.69, 9.17) is 11.0 Å². The van der Waals surface area contributed by atoms with Crippen LogP contribution in [-0.4, -0.2) is 18.3 Å². The summed E-state index contributed by atoms with van der Waals surface area (Å²) in [5.41, 5.74) is 5.57. The number of halogens is 3. The van der Waals surface area contributed by atoms with Crippen molar-refractivity contribution in [2.24, 2.45) is 5.73 Å². The van der Waals surface area contributed by atoms with E-state index in [0.717, 1.165) is 0 Å². The van der Waals surface area contributed by atoms with Gasteiger partial charge in [0.25, 0.3) is 0 Å². The summed E-state index contributed by atoms with van der Waals surface area (Å²) >= 11 is 0. The molecule has 0 aliphatic heterocycles. The maximum absolute atomic E-state index is 12.8. The fourth-order valence-electron chi connectivity index (χ4n) is 1.46. The summed E-state index contributed by atoms with van der Waals surface area (Å²) < 4.78 is 38.5. The first-order valence-corrected chi connectivity index (χ1v) is 6.66. The minimum atomic E-state index is -4.35. The molecule has 0 fully saturated rings. The van der Waals surface area contributed by atoms with Crippen LogP contribution in [0.2, 0.25) is 0 Å². The third-order valence-electron chi connectivity index (χ3n) is 2.20. The second-order valence-corrected chi connectivity index (χ2v) is 5.27. The predicted molar refractivity (Wildman–Crippen MR) is 77.5 cm³/mol. The van der Waals surface area contributed by atoms with Crippen LogP contribution in [0.25, 0.3) is 0 Å². The topological polar surface area (TPSA) is 61.8 Å². The number of benzene rings is 1. The first-order valence-electron chi connectivity index (χ1n) is 6.66. The average Bonchev–Trinajstić information content (AvgIpc) is 2.34. The summed E-state index contributed by atoms with van der Waals surface area (Å²) in [7, 11) is 0. The SMILES string of the molecule is CC(C)N.CC(C)NC(c1ccc(C#N)cc1)C(F)(F)F. The lowest BCUT2D eigenvalue weighted by Gasteiger charge is -2.24. The molecule has 0 heterocycles. The van der Waals surface area contributed by atoms with Crippen molar-refractivity contribution in [2.45, 2.75) is 52.0 Å². The molecule has 3 N–H and O–H groups in total. The molecule has 1 aromatic rings. The maximum Gasteiger partial charge on any atom is 0.407 e. The van der Waals surface area contributed by atoms with Gasteiger partial charge < -0.3 is 11.1 Å². The van der Waals surface area contributed by atoms with Crippen LogP contribution in [0.5, 0.6) is 0 Å². The molecule has 0 bridgehead atoms. The summed E-state index contributed by atoms with van der Waals surface area (Å²) in [6, 6.07) is 5.65. The molecule has 1 unspecified atom stereocenters. The van der Waals surface area contributed by atoms with E-state index >= 15 is 0 Å². The van der Waals surface area contributed by atoms with Gasteiger partial charge >= 0.3 is 6.18 Å². The van der Waals surface area contributed by atoms with Crippen LogP contribution in [0, 0.1) is 11.3 Å². The summed E-state index contributed by atoms with van der Waals surface area (Å²) in [6.07, 6.45) is -4.35. The molecule has 0 saturated carbocycles. The largest absolute Gasteiger partial charge is 0.407 e. The molecule has 0 aliphatic rings. The van der Waals surface area contributed by atoms with Gasteiger partial charge in [0.15, 0.2) is 0 Å². The van der Waals surface area contributed by atoms with E-state index < -0.39 is 12.2 Å². The van der Waals surface area contributed by atoms with Crippen molar-refractivity contribution in [1.82, 2.24) is 5.32 Å². The number of rotatable bonds is 3. The molecule has 0 amide bonds. The van der Waals surface area contributed by atoms with Gasteiger partial charge in [-0.15, -0.1) is 0 Å². The highest BCUT2D eigenvalue weighted by Gasteiger charge is 2.40. The van der Waals surface area contributed by atoms with Gasteiger partial charge in [-0.05, 0) is 23.7 Å². The summed E-state index contributed by atoms with van der Waals surface area (Å²) in [4.78, 5) is 0. The molecule has 0 aliphatic carbocycles. The zero-order valence-electron chi connectivity index (χ0n) is 12.7. The van der Waals surface area contributed by atoms with Crippen LogP contribution in [0.1, 0.15) is 44.9 Å². The Bertz CT molecular complexity index is 442. The Morgan fingerprint density at radius 1 is 1.10 bits per heavy atom. The second kappa shape index (κ2) is 8.65. The van der Waals surface area contributed by atoms with Crippen molar-refractivity contribution >= 4 is 0 Å². The number of nitriles is 1. The van der Waals surface area contributed by atoms with Gasteiger partial charge in [-0.1, -0.05) is 39.8 Å². The van der Waals surface area contributed by atoms with Crippen molar-refractivity contribution in [3.63, 3.8) is 0 Å². The lowest BCUT2D eigenvalue weighted by atomic mass is 10.0. The monoisotopic (exact) mass is 301 g/mol. The third-order valence-corrected chi connectivity index (χ3v) is 2.20. The number of nitrogens with zero attached hydrogens (tertiary/aromatic N) is 1. The number of alkyl halides is 3. The zero-order valence-corrected chi connectivity index (χ0v) is 12.7. The van der Waals surface area contributed by atoms with Crippen molar-refractivity contribution in [3.05, 3.63) is 35.4 Å². The van der Waals surface area contributed by atoms with Crippen LogP contribution >= 0.6 is 0 Å². The lowest BCUT2D eigenvalue weighted by Crippen LogP contribution is -2.38. The minimum Gasteiger partial charge on any atom is -0.328 e. The van der Waals surface area contributed by atoms with Crippen LogP contribution in [0.4, 0.5) is 13.2 Å². The van der Waals surface area contributed by atoms with Gasteiger partial charge in [0.2, 0.25) is 0 Å². The molecule has 1 atom stereocenters. The van der Waals surface area contributed by atoms with E-state index in [1.165, 1.54) is 24.3 Å². The molecule has 1 aromatic carbocycles. The van der Waals surface area contributed by atoms with E-state index in [0.29, 0.717) is 11.6 Å². The molecule has 118 valence electrons. The molecule has 21 heavy (non-hydrogen) atoms. The molecule has 0 saturated heterocycles.